The Morgan fingerprint density at radius 3 is 2.26 bits per heavy atom. The van der Waals surface area contributed by atoms with Crippen molar-refractivity contribution in [3.05, 3.63) is 64.7 Å². The van der Waals surface area contributed by atoms with Gasteiger partial charge in [-0.3, -0.25) is 9.69 Å². The molecule has 35 heavy (non-hydrogen) atoms. The third-order valence-corrected chi connectivity index (χ3v) is 5.29. The van der Waals surface area contributed by atoms with E-state index in [0.29, 0.717) is 10.6 Å². The topological polar surface area (TPSA) is 101 Å². The predicted octanol–water partition coefficient (Wildman–Crippen LogP) is 4.22. The van der Waals surface area contributed by atoms with Crippen LogP contribution in [0.2, 0.25) is 5.02 Å². The van der Waals surface area contributed by atoms with Gasteiger partial charge in [0.15, 0.2) is 0 Å². The Kier molecular flexibility index (Phi) is 7.85. The Bertz CT molecular complexity index is 1120. The van der Waals surface area contributed by atoms with Gasteiger partial charge in [0.1, 0.15) is 12.6 Å². The monoisotopic (exact) mass is 512 g/mol. The average molecular weight is 513 g/mol. The normalized spacial score (nSPS) is 15.3. The molecule has 0 saturated heterocycles. The molecule has 0 bridgehead atoms. The molecular formula is C22H20ClF3N4O5. The molecule has 13 heteroatoms. The summed E-state index contributed by atoms with van der Waals surface area (Å²) in [6, 6.07) is 8.64. The number of hydrogen-bond acceptors (Lipinski definition) is 6. The first-order chi connectivity index (χ1) is 16.5. The summed E-state index contributed by atoms with van der Waals surface area (Å²) >= 11 is 5.96. The summed E-state index contributed by atoms with van der Waals surface area (Å²) in [5, 5.41) is 8.21. The Balaban J connectivity index is 1.89. The number of carbonyl (C=O) groups is 3. The maximum Gasteiger partial charge on any atom is 0.416 e. The number of anilines is 1. The molecule has 9 nitrogen and oxygen atoms in total. The summed E-state index contributed by atoms with van der Waals surface area (Å²) in [4.78, 5) is 38.3. The molecule has 186 valence electrons. The van der Waals surface area contributed by atoms with E-state index in [9.17, 15) is 27.6 Å². The maximum absolute atomic E-state index is 12.9. The molecule has 3 amide bonds. The Morgan fingerprint density at radius 2 is 1.71 bits per heavy atom. The minimum atomic E-state index is -4.51. The third-order valence-electron chi connectivity index (χ3n) is 5.04. The zero-order chi connectivity index (χ0) is 25.8. The van der Waals surface area contributed by atoms with Gasteiger partial charge in [-0.05, 0) is 36.4 Å². The first-order valence-corrected chi connectivity index (χ1v) is 10.4. The van der Waals surface area contributed by atoms with Crippen LogP contribution >= 0.6 is 11.6 Å². The zero-order valence-electron chi connectivity index (χ0n) is 18.5. The standard InChI is InChI=1S/C22H20ClF3N4O5/c1-34-18(31)12-29(21(33)35-2)17-11-30(28-19(17)13-3-7-15(23)8-4-13)20(32)27-16-9-5-14(6-10-16)22(24,25)26/h3-10,17H,11-12H2,1-2H3,(H,27,32). The molecule has 1 aliphatic heterocycles. The number of nitrogens with zero attached hydrogens (tertiary/aromatic N) is 3. The number of alkyl halides is 3. The molecular weight excluding hydrogens is 493 g/mol. The number of benzene rings is 2. The molecule has 0 spiro atoms. The minimum absolute atomic E-state index is 0.106. The van der Waals surface area contributed by atoms with Crippen LogP contribution in [0.1, 0.15) is 11.1 Å². The van der Waals surface area contributed by atoms with Gasteiger partial charge in [0.2, 0.25) is 0 Å². The largest absolute Gasteiger partial charge is 0.468 e. The van der Waals surface area contributed by atoms with Crippen molar-refractivity contribution in [2.45, 2.75) is 12.2 Å². The summed E-state index contributed by atoms with van der Waals surface area (Å²) < 4.78 is 47.8. The van der Waals surface area contributed by atoms with Crippen molar-refractivity contribution in [2.75, 3.05) is 32.6 Å². The highest BCUT2D eigenvalue weighted by atomic mass is 35.5. The number of methoxy groups -OCH3 is 2. The number of hydrogen-bond donors (Lipinski definition) is 1. The van der Waals surface area contributed by atoms with Crippen molar-refractivity contribution < 1.29 is 37.0 Å². The van der Waals surface area contributed by atoms with Crippen LogP contribution in [0.4, 0.5) is 28.4 Å². The fourth-order valence-electron chi connectivity index (χ4n) is 3.29. The molecule has 0 aliphatic carbocycles. The molecule has 3 rings (SSSR count). The van der Waals surface area contributed by atoms with Gasteiger partial charge < -0.3 is 14.8 Å². The average Bonchev–Trinajstić information content (AvgIpc) is 3.27. The third kappa shape index (κ3) is 6.21. The van der Waals surface area contributed by atoms with Crippen molar-refractivity contribution in [1.29, 1.82) is 0 Å². The quantitative estimate of drug-likeness (QED) is 0.605. The minimum Gasteiger partial charge on any atom is -0.468 e. The lowest BCUT2D eigenvalue weighted by Crippen LogP contribution is -2.49. The summed E-state index contributed by atoms with van der Waals surface area (Å²) in [5.41, 5.74) is 0.0203. The number of nitrogens with one attached hydrogen (secondary N) is 1. The van der Waals surface area contributed by atoms with Crippen LogP contribution in [0.15, 0.2) is 53.6 Å². The number of amides is 3. The molecule has 2 aromatic carbocycles. The second-order valence-corrected chi connectivity index (χ2v) is 7.71. The Labute approximate surface area is 203 Å². The lowest BCUT2D eigenvalue weighted by molar-refractivity contribution is -0.141. The van der Waals surface area contributed by atoms with Crippen LogP contribution in [0.25, 0.3) is 0 Å². The molecule has 0 aromatic heterocycles. The lowest BCUT2D eigenvalue weighted by Gasteiger charge is -2.27. The van der Waals surface area contributed by atoms with E-state index in [1.54, 1.807) is 24.3 Å². The number of halogens is 4. The predicted molar refractivity (Wildman–Crippen MR) is 120 cm³/mol. The van der Waals surface area contributed by atoms with Crippen molar-refractivity contribution in [1.82, 2.24) is 9.91 Å². The van der Waals surface area contributed by atoms with E-state index in [4.69, 9.17) is 16.3 Å². The van der Waals surface area contributed by atoms with E-state index in [1.165, 1.54) is 0 Å². The SMILES string of the molecule is COC(=O)CN(C(=O)OC)C1CN(C(=O)Nc2ccc(C(F)(F)F)cc2)N=C1c1ccc(Cl)cc1. The molecule has 1 heterocycles. The summed E-state index contributed by atoms with van der Waals surface area (Å²) in [7, 11) is 2.29. The van der Waals surface area contributed by atoms with Crippen LogP contribution in [-0.4, -0.2) is 67.1 Å². The van der Waals surface area contributed by atoms with E-state index in [0.717, 1.165) is 48.4 Å². The van der Waals surface area contributed by atoms with Gasteiger partial charge in [0.25, 0.3) is 0 Å². The highest BCUT2D eigenvalue weighted by molar-refractivity contribution is 6.30. The van der Waals surface area contributed by atoms with Crippen molar-refractivity contribution >= 4 is 41.1 Å². The van der Waals surface area contributed by atoms with Crippen LogP contribution < -0.4 is 5.32 Å². The first-order valence-electron chi connectivity index (χ1n) is 10.0. The van der Waals surface area contributed by atoms with Gasteiger partial charge >= 0.3 is 24.3 Å². The molecule has 1 aliphatic rings. The molecule has 1 unspecified atom stereocenters. The van der Waals surface area contributed by atoms with E-state index in [-0.39, 0.29) is 17.9 Å². The van der Waals surface area contributed by atoms with E-state index in [2.05, 4.69) is 15.2 Å². The van der Waals surface area contributed by atoms with Gasteiger partial charge in [-0.2, -0.15) is 18.3 Å². The number of hydrazone groups is 1. The van der Waals surface area contributed by atoms with Crippen molar-refractivity contribution in [3.63, 3.8) is 0 Å². The smallest absolute Gasteiger partial charge is 0.416 e. The summed E-state index contributed by atoms with van der Waals surface area (Å²) in [6.07, 6.45) is -5.37. The van der Waals surface area contributed by atoms with Crippen molar-refractivity contribution in [2.24, 2.45) is 5.10 Å². The molecule has 0 radical (unpaired) electrons. The molecule has 2 aromatic rings. The highest BCUT2D eigenvalue weighted by Gasteiger charge is 2.39. The lowest BCUT2D eigenvalue weighted by atomic mass is 10.0. The van der Waals surface area contributed by atoms with Crippen LogP contribution in [0.5, 0.6) is 0 Å². The number of ether oxygens (including phenoxy) is 2. The van der Waals surface area contributed by atoms with Gasteiger partial charge in [-0.25, -0.2) is 14.6 Å². The molecule has 0 saturated carbocycles. The van der Waals surface area contributed by atoms with Crippen LogP contribution in [0, 0.1) is 0 Å². The summed E-state index contributed by atoms with van der Waals surface area (Å²) in [6.45, 7) is -0.647. The molecule has 1 N–H and O–H groups in total. The summed E-state index contributed by atoms with van der Waals surface area (Å²) in [5.74, 6) is -0.724. The molecule has 1 atom stereocenters. The first kappa shape index (κ1) is 25.8. The number of rotatable bonds is 5. The van der Waals surface area contributed by atoms with Crippen molar-refractivity contribution in [3.8, 4) is 0 Å². The Hall–Kier alpha value is -3.80. The van der Waals surface area contributed by atoms with Gasteiger partial charge in [-0.15, -0.1) is 0 Å². The van der Waals surface area contributed by atoms with Gasteiger partial charge in [-0.1, -0.05) is 23.7 Å². The second kappa shape index (κ2) is 10.6. The van der Waals surface area contributed by atoms with Crippen LogP contribution in [-0.2, 0) is 20.4 Å². The van der Waals surface area contributed by atoms with Gasteiger partial charge in [0.05, 0.1) is 32.0 Å². The maximum atomic E-state index is 12.9. The number of esters is 1. The number of urea groups is 1. The highest BCUT2D eigenvalue weighted by Crippen LogP contribution is 2.30. The molecule has 0 fully saturated rings. The second-order valence-electron chi connectivity index (χ2n) is 7.27. The fraction of sp³-hybridized carbons (Fsp3) is 0.273. The van der Waals surface area contributed by atoms with Gasteiger partial charge in [0, 0.05) is 16.3 Å². The number of carbonyl (C=O) groups excluding carboxylic acids is 3. The van der Waals surface area contributed by atoms with Crippen LogP contribution in [0.3, 0.4) is 0 Å². The van der Waals surface area contributed by atoms with E-state index in [1.807, 2.05) is 0 Å². The van der Waals surface area contributed by atoms with E-state index >= 15 is 0 Å². The fourth-order valence-corrected chi connectivity index (χ4v) is 3.41. The van der Waals surface area contributed by atoms with E-state index < -0.39 is 42.4 Å². The zero-order valence-corrected chi connectivity index (χ0v) is 19.3. The Morgan fingerprint density at radius 1 is 1.09 bits per heavy atom.